The first-order valence-corrected chi connectivity index (χ1v) is 13.0. The van der Waals surface area contributed by atoms with Gasteiger partial charge in [0.1, 0.15) is 29.6 Å². The lowest BCUT2D eigenvalue weighted by Gasteiger charge is -2.29. The van der Waals surface area contributed by atoms with Crippen LogP contribution in [0.2, 0.25) is 0 Å². The normalized spacial score (nSPS) is 11.6. The molecule has 1 aromatic heterocycles. The quantitative estimate of drug-likeness (QED) is 0.250. The molecule has 0 aliphatic carbocycles. The van der Waals surface area contributed by atoms with Gasteiger partial charge in [0.25, 0.3) is 5.56 Å². The number of amides is 1. The third-order valence-electron chi connectivity index (χ3n) is 6.14. The Morgan fingerprint density at radius 2 is 1.64 bits per heavy atom. The van der Waals surface area contributed by atoms with E-state index >= 15 is 4.39 Å². The van der Waals surface area contributed by atoms with Crippen molar-refractivity contribution >= 4 is 22.7 Å². The second-order valence-electron chi connectivity index (χ2n) is 11.0. The lowest BCUT2D eigenvalue weighted by molar-refractivity contribution is 0.0587. The van der Waals surface area contributed by atoms with Crippen LogP contribution in [0.3, 0.4) is 0 Å². The highest BCUT2D eigenvalue weighted by molar-refractivity contribution is 6.05. The molecule has 4 rings (SSSR count). The predicted octanol–water partition coefficient (Wildman–Crippen LogP) is 7.41. The monoisotopic (exact) mass is 530 g/mol. The van der Waals surface area contributed by atoms with Gasteiger partial charge in [-0.25, -0.2) is 9.18 Å². The van der Waals surface area contributed by atoms with E-state index in [9.17, 15) is 9.59 Å². The average molecular weight is 531 g/mol. The summed E-state index contributed by atoms with van der Waals surface area (Å²) in [5.41, 5.74) is 0.637. The van der Waals surface area contributed by atoms with E-state index in [-0.39, 0.29) is 22.9 Å². The van der Waals surface area contributed by atoms with Crippen LogP contribution in [0.1, 0.15) is 40.2 Å². The number of fused-ring (bicyclic) bond motifs is 1. The fourth-order valence-corrected chi connectivity index (χ4v) is 4.47. The lowest BCUT2D eigenvalue weighted by atomic mass is 9.97. The molecule has 0 atom stereocenters. The molecule has 0 unspecified atom stereocenters. The number of hydrogen-bond acceptors (Lipinski definition) is 4. The van der Waals surface area contributed by atoms with E-state index in [2.05, 4.69) is 0 Å². The SMILES string of the molecule is CC(C)Cn1c(N(C)C(=O)OC(C)(C)C)c(-c2ccccc2F)c2cc(OCc3ccccc3)ccc2c1=O. The molecule has 0 saturated heterocycles. The van der Waals surface area contributed by atoms with E-state index in [4.69, 9.17) is 9.47 Å². The Morgan fingerprint density at radius 3 is 2.28 bits per heavy atom. The highest BCUT2D eigenvalue weighted by atomic mass is 19.1. The van der Waals surface area contributed by atoms with Crippen LogP contribution in [-0.2, 0) is 17.9 Å². The van der Waals surface area contributed by atoms with Crippen molar-refractivity contribution in [2.45, 2.75) is 53.4 Å². The Hall–Kier alpha value is -4.13. The number of ether oxygens (including phenoxy) is 2. The van der Waals surface area contributed by atoms with Crippen molar-refractivity contribution in [1.29, 1.82) is 0 Å². The number of carbonyl (C=O) groups excluding carboxylic acids is 1. The van der Waals surface area contributed by atoms with Crippen LogP contribution in [0, 0.1) is 11.7 Å². The zero-order valence-electron chi connectivity index (χ0n) is 23.3. The van der Waals surface area contributed by atoms with Crippen LogP contribution in [0.15, 0.2) is 77.6 Å². The molecule has 0 aliphatic rings. The number of carbonyl (C=O) groups is 1. The molecule has 0 spiro atoms. The van der Waals surface area contributed by atoms with E-state index in [1.165, 1.54) is 11.0 Å². The fourth-order valence-electron chi connectivity index (χ4n) is 4.47. The van der Waals surface area contributed by atoms with Gasteiger partial charge in [0, 0.05) is 35.5 Å². The van der Waals surface area contributed by atoms with Gasteiger partial charge in [-0.15, -0.1) is 0 Å². The Labute approximate surface area is 228 Å². The number of aromatic nitrogens is 1. The molecular weight excluding hydrogens is 495 g/mol. The van der Waals surface area contributed by atoms with Gasteiger partial charge >= 0.3 is 6.09 Å². The minimum atomic E-state index is -0.762. The summed E-state index contributed by atoms with van der Waals surface area (Å²) in [7, 11) is 1.55. The van der Waals surface area contributed by atoms with Gasteiger partial charge in [0.05, 0.1) is 0 Å². The first-order valence-electron chi connectivity index (χ1n) is 13.0. The van der Waals surface area contributed by atoms with Crippen LogP contribution >= 0.6 is 0 Å². The van der Waals surface area contributed by atoms with E-state index in [1.54, 1.807) is 68.8 Å². The van der Waals surface area contributed by atoms with Gasteiger partial charge in [-0.3, -0.25) is 14.3 Å². The van der Waals surface area contributed by atoms with E-state index < -0.39 is 17.5 Å². The van der Waals surface area contributed by atoms with E-state index in [0.29, 0.717) is 35.2 Å². The summed E-state index contributed by atoms with van der Waals surface area (Å²) >= 11 is 0. The third-order valence-corrected chi connectivity index (χ3v) is 6.14. The molecular formula is C32H35FN2O4. The summed E-state index contributed by atoms with van der Waals surface area (Å²) in [4.78, 5) is 28.5. The summed E-state index contributed by atoms with van der Waals surface area (Å²) < 4.78 is 28.7. The summed E-state index contributed by atoms with van der Waals surface area (Å²) in [6.45, 7) is 9.94. The zero-order chi connectivity index (χ0) is 28.3. The van der Waals surface area contributed by atoms with Crippen molar-refractivity contribution in [3.05, 3.63) is 94.5 Å². The lowest BCUT2D eigenvalue weighted by Crippen LogP contribution is -2.38. The summed E-state index contributed by atoms with van der Waals surface area (Å²) in [6, 6.07) is 21.3. The van der Waals surface area contributed by atoms with Crippen LogP contribution in [0.4, 0.5) is 15.0 Å². The molecule has 4 aromatic rings. The molecule has 1 amide bonds. The number of benzene rings is 3. The summed E-state index contributed by atoms with van der Waals surface area (Å²) in [5, 5.41) is 0.892. The highest BCUT2D eigenvalue weighted by Gasteiger charge is 2.29. The Morgan fingerprint density at radius 1 is 0.974 bits per heavy atom. The molecule has 3 aromatic carbocycles. The first kappa shape index (κ1) is 27.9. The van der Waals surface area contributed by atoms with Gasteiger partial charge in [0.2, 0.25) is 0 Å². The minimum Gasteiger partial charge on any atom is -0.489 e. The number of hydrogen-bond donors (Lipinski definition) is 0. The fraction of sp³-hybridized carbons (Fsp3) is 0.312. The maximum Gasteiger partial charge on any atom is 0.415 e. The number of nitrogens with zero attached hydrogens (tertiary/aromatic N) is 2. The molecule has 6 nitrogen and oxygen atoms in total. The van der Waals surface area contributed by atoms with Gasteiger partial charge in [-0.05, 0) is 56.5 Å². The van der Waals surface area contributed by atoms with Gasteiger partial charge in [-0.1, -0.05) is 62.4 Å². The van der Waals surface area contributed by atoms with Crippen molar-refractivity contribution in [3.8, 4) is 16.9 Å². The van der Waals surface area contributed by atoms with Crippen molar-refractivity contribution in [1.82, 2.24) is 4.57 Å². The van der Waals surface area contributed by atoms with Crippen molar-refractivity contribution in [2.75, 3.05) is 11.9 Å². The number of pyridine rings is 1. The molecule has 7 heteroatoms. The van der Waals surface area contributed by atoms with Crippen LogP contribution in [0.5, 0.6) is 5.75 Å². The van der Waals surface area contributed by atoms with Gasteiger partial charge in [-0.2, -0.15) is 0 Å². The molecule has 39 heavy (non-hydrogen) atoms. The Bertz CT molecular complexity index is 1540. The van der Waals surface area contributed by atoms with Gasteiger partial charge < -0.3 is 9.47 Å². The topological polar surface area (TPSA) is 60.8 Å². The third kappa shape index (κ3) is 6.30. The average Bonchev–Trinajstić information content (AvgIpc) is 2.88. The second-order valence-corrected chi connectivity index (χ2v) is 11.0. The largest absolute Gasteiger partial charge is 0.489 e. The van der Waals surface area contributed by atoms with Crippen LogP contribution in [0.25, 0.3) is 21.9 Å². The second kappa shape index (κ2) is 11.3. The van der Waals surface area contributed by atoms with Crippen LogP contribution in [-0.4, -0.2) is 23.3 Å². The van der Waals surface area contributed by atoms with Crippen LogP contribution < -0.4 is 15.2 Å². The molecule has 0 radical (unpaired) electrons. The number of halogens is 1. The molecule has 0 N–H and O–H groups in total. The predicted molar refractivity (Wildman–Crippen MR) is 154 cm³/mol. The smallest absolute Gasteiger partial charge is 0.415 e. The maximum atomic E-state index is 15.4. The minimum absolute atomic E-state index is 0.0767. The zero-order valence-corrected chi connectivity index (χ0v) is 23.3. The van der Waals surface area contributed by atoms with Crippen molar-refractivity contribution < 1.29 is 18.7 Å². The number of rotatable bonds is 7. The van der Waals surface area contributed by atoms with E-state index in [0.717, 1.165) is 5.56 Å². The standard InChI is InChI=1S/C32H35FN2O4/c1-21(2)19-35-29(34(6)31(37)39-32(3,4)5)28(25-14-10-11-15-27(25)33)26-18-23(16-17-24(26)30(35)36)38-20-22-12-8-7-9-13-22/h7-18,21H,19-20H2,1-6H3. The molecule has 204 valence electrons. The molecule has 0 bridgehead atoms. The maximum absolute atomic E-state index is 15.4. The summed E-state index contributed by atoms with van der Waals surface area (Å²) in [5.74, 6) is 0.396. The van der Waals surface area contributed by atoms with Gasteiger partial charge in [0.15, 0.2) is 0 Å². The Kier molecular flexibility index (Phi) is 8.09. The highest BCUT2D eigenvalue weighted by Crippen LogP contribution is 2.39. The van der Waals surface area contributed by atoms with E-state index in [1.807, 2.05) is 44.2 Å². The van der Waals surface area contributed by atoms with Crippen molar-refractivity contribution in [2.24, 2.45) is 5.92 Å². The first-order chi connectivity index (χ1) is 18.5. The Balaban J connectivity index is 2.00. The molecule has 0 fully saturated rings. The molecule has 0 saturated carbocycles. The molecule has 1 heterocycles. The van der Waals surface area contributed by atoms with Crippen molar-refractivity contribution in [3.63, 3.8) is 0 Å². The number of anilines is 1. The molecule has 0 aliphatic heterocycles. The summed E-state index contributed by atoms with van der Waals surface area (Å²) in [6.07, 6.45) is -0.646.